The van der Waals surface area contributed by atoms with E-state index in [9.17, 15) is 9.90 Å². The Kier molecular flexibility index (Phi) is 33.1. The largest absolute Gasteiger partial charge is 0.457 e. The molecule has 0 aliphatic rings. The average molecular weight is 555 g/mol. The summed E-state index contributed by atoms with van der Waals surface area (Å²) in [6.07, 6.45) is 35.6. The molecule has 0 heterocycles. The zero-order valence-electron chi connectivity index (χ0n) is 26.7. The summed E-state index contributed by atoms with van der Waals surface area (Å²) in [5, 5.41) is 9.53. The molecule has 0 aliphatic carbocycles. The summed E-state index contributed by atoms with van der Waals surface area (Å²) in [5.41, 5.74) is 0. The summed E-state index contributed by atoms with van der Waals surface area (Å²) in [5.74, 6) is -0.197. The lowest BCUT2D eigenvalue weighted by Gasteiger charge is -2.16. The number of hydrogen-bond donors (Lipinski definition) is 1. The van der Waals surface area contributed by atoms with Crippen molar-refractivity contribution in [2.75, 3.05) is 19.8 Å². The molecule has 0 spiro atoms. The van der Waals surface area contributed by atoms with Crippen LogP contribution in [-0.4, -0.2) is 37.0 Å². The predicted molar refractivity (Wildman–Crippen MR) is 168 cm³/mol. The number of esters is 1. The SMILES string of the molecule is CCCCCCCCCCCCCCCCOC[C@@H](CO)OC(=O)CCCCCCCCCCCCCCC. The summed E-state index contributed by atoms with van der Waals surface area (Å²) < 4.78 is 11.1. The van der Waals surface area contributed by atoms with Gasteiger partial charge in [-0.3, -0.25) is 4.79 Å². The molecule has 0 fully saturated rings. The third kappa shape index (κ3) is 31.8. The van der Waals surface area contributed by atoms with Crippen LogP contribution in [0.15, 0.2) is 0 Å². The minimum absolute atomic E-state index is 0.164. The van der Waals surface area contributed by atoms with E-state index in [0.717, 1.165) is 19.3 Å². The number of carbonyl (C=O) groups is 1. The van der Waals surface area contributed by atoms with E-state index >= 15 is 0 Å². The van der Waals surface area contributed by atoms with Gasteiger partial charge < -0.3 is 14.6 Å². The van der Waals surface area contributed by atoms with Crippen LogP contribution in [0, 0.1) is 0 Å². The first-order valence-corrected chi connectivity index (χ1v) is 17.6. The van der Waals surface area contributed by atoms with Crippen molar-refractivity contribution in [3.63, 3.8) is 0 Å². The molecule has 0 aromatic heterocycles. The number of aliphatic hydroxyl groups is 1. The van der Waals surface area contributed by atoms with Crippen molar-refractivity contribution < 1.29 is 19.4 Å². The van der Waals surface area contributed by atoms with Gasteiger partial charge in [0.1, 0.15) is 6.10 Å². The first-order chi connectivity index (χ1) is 19.2. The molecule has 0 aromatic carbocycles. The Morgan fingerprint density at radius 1 is 0.513 bits per heavy atom. The highest BCUT2D eigenvalue weighted by Crippen LogP contribution is 2.14. The van der Waals surface area contributed by atoms with Gasteiger partial charge in [-0.15, -0.1) is 0 Å². The molecule has 0 saturated carbocycles. The fourth-order valence-electron chi connectivity index (χ4n) is 5.27. The van der Waals surface area contributed by atoms with Crippen LogP contribution in [0.3, 0.4) is 0 Å². The van der Waals surface area contributed by atoms with Gasteiger partial charge in [-0.1, -0.05) is 174 Å². The van der Waals surface area contributed by atoms with Gasteiger partial charge in [0.05, 0.1) is 13.2 Å². The van der Waals surface area contributed by atoms with E-state index < -0.39 is 6.10 Å². The Morgan fingerprint density at radius 3 is 1.21 bits per heavy atom. The summed E-state index contributed by atoms with van der Waals surface area (Å²) >= 11 is 0. The molecule has 39 heavy (non-hydrogen) atoms. The Hall–Kier alpha value is -0.610. The quantitative estimate of drug-likeness (QED) is 0.0647. The number of rotatable bonds is 33. The highest BCUT2D eigenvalue weighted by molar-refractivity contribution is 5.69. The molecule has 0 bridgehead atoms. The van der Waals surface area contributed by atoms with Crippen molar-refractivity contribution in [3.05, 3.63) is 0 Å². The lowest BCUT2D eigenvalue weighted by atomic mass is 10.0. The maximum Gasteiger partial charge on any atom is 0.306 e. The molecule has 0 aliphatic heterocycles. The van der Waals surface area contributed by atoms with Gasteiger partial charge >= 0.3 is 5.97 Å². The Balaban J connectivity index is 3.39. The van der Waals surface area contributed by atoms with E-state index in [1.165, 1.54) is 154 Å². The fourth-order valence-corrected chi connectivity index (χ4v) is 5.27. The molecule has 0 unspecified atom stereocenters. The molecule has 234 valence electrons. The number of ether oxygens (including phenoxy) is 2. The van der Waals surface area contributed by atoms with E-state index in [1.54, 1.807) is 0 Å². The van der Waals surface area contributed by atoms with Crippen molar-refractivity contribution in [3.8, 4) is 0 Å². The Morgan fingerprint density at radius 2 is 0.846 bits per heavy atom. The monoisotopic (exact) mass is 555 g/mol. The summed E-state index contributed by atoms with van der Waals surface area (Å²) in [4.78, 5) is 12.1. The second-order valence-corrected chi connectivity index (χ2v) is 12.0. The van der Waals surface area contributed by atoms with E-state index in [4.69, 9.17) is 9.47 Å². The maximum absolute atomic E-state index is 12.1. The van der Waals surface area contributed by atoms with Gasteiger partial charge in [0.2, 0.25) is 0 Å². The van der Waals surface area contributed by atoms with Gasteiger partial charge in [0.15, 0.2) is 0 Å². The van der Waals surface area contributed by atoms with Crippen LogP contribution in [0.5, 0.6) is 0 Å². The third-order valence-corrected chi connectivity index (χ3v) is 7.93. The van der Waals surface area contributed by atoms with Crippen LogP contribution in [0.25, 0.3) is 0 Å². The number of carbonyl (C=O) groups excluding carboxylic acids is 1. The van der Waals surface area contributed by atoms with Gasteiger partial charge in [-0.2, -0.15) is 0 Å². The molecule has 0 amide bonds. The third-order valence-electron chi connectivity index (χ3n) is 7.93. The van der Waals surface area contributed by atoms with Crippen LogP contribution >= 0.6 is 0 Å². The van der Waals surface area contributed by atoms with E-state index in [2.05, 4.69) is 13.8 Å². The van der Waals surface area contributed by atoms with Gasteiger partial charge in [0, 0.05) is 13.0 Å². The molecular formula is C35H70O4. The Labute approximate surface area is 244 Å². The maximum atomic E-state index is 12.1. The normalized spacial score (nSPS) is 12.2. The smallest absolute Gasteiger partial charge is 0.306 e. The zero-order valence-corrected chi connectivity index (χ0v) is 26.7. The molecular weight excluding hydrogens is 484 g/mol. The van der Waals surface area contributed by atoms with Gasteiger partial charge in [-0.25, -0.2) is 0 Å². The zero-order chi connectivity index (χ0) is 28.5. The molecule has 4 nitrogen and oxygen atoms in total. The number of unbranched alkanes of at least 4 members (excludes halogenated alkanes) is 25. The molecule has 1 atom stereocenters. The topological polar surface area (TPSA) is 55.8 Å². The van der Waals surface area contributed by atoms with E-state index in [1.807, 2.05) is 0 Å². The predicted octanol–water partition coefficient (Wildman–Crippen LogP) is 10.9. The fraction of sp³-hybridized carbons (Fsp3) is 0.971. The molecule has 0 saturated heterocycles. The number of aliphatic hydroxyl groups excluding tert-OH is 1. The number of hydrogen-bond acceptors (Lipinski definition) is 4. The first kappa shape index (κ1) is 38.4. The minimum Gasteiger partial charge on any atom is -0.457 e. The molecule has 0 radical (unpaired) electrons. The lowest BCUT2D eigenvalue weighted by Crippen LogP contribution is -2.27. The molecule has 0 aromatic rings. The summed E-state index contributed by atoms with van der Waals surface area (Å²) in [7, 11) is 0. The van der Waals surface area contributed by atoms with Crippen LogP contribution in [-0.2, 0) is 14.3 Å². The van der Waals surface area contributed by atoms with Crippen LogP contribution in [0.1, 0.15) is 194 Å². The van der Waals surface area contributed by atoms with Gasteiger partial charge in [0.25, 0.3) is 0 Å². The highest BCUT2D eigenvalue weighted by Gasteiger charge is 2.13. The van der Waals surface area contributed by atoms with Crippen molar-refractivity contribution in [1.29, 1.82) is 0 Å². The van der Waals surface area contributed by atoms with Crippen molar-refractivity contribution in [2.24, 2.45) is 0 Å². The van der Waals surface area contributed by atoms with E-state index in [-0.39, 0.29) is 12.6 Å². The summed E-state index contributed by atoms with van der Waals surface area (Å²) in [6.45, 7) is 5.38. The molecule has 1 N–H and O–H groups in total. The van der Waals surface area contributed by atoms with Crippen LogP contribution < -0.4 is 0 Å². The van der Waals surface area contributed by atoms with E-state index in [0.29, 0.717) is 19.6 Å². The molecule has 0 rings (SSSR count). The second-order valence-electron chi connectivity index (χ2n) is 12.0. The average Bonchev–Trinajstić information content (AvgIpc) is 2.94. The van der Waals surface area contributed by atoms with Crippen LogP contribution in [0.2, 0.25) is 0 Å². The Bertz CT molecular complexity index is 468. The first-order valence-electron chi connectivity index (χ1n) is 17.6. The standard InChI is InChI=1S/C35H70O4/c1-3-5-7-9-11-13-15-17-19-21-23-25-27-29-31-38-33-34(32-36)39-35(37)30-28-26-24-22-20-18-16-14-12-10-8-6-4-2/h34,36H,3-33H2,1-2H3/t34-/m1/s1. The summed E-state index contributed by atoms with van der Waals surface area (Å²) in [6, 6.07) is 0. The van der Waals surface area contributed by atoms with Crippen molar-refractivity contribution in [1.82, 2.24) is 0 Å². The van der Waals surface area contributed by atoms with Gasteiger partial charge in [-0.05, 0) is 12.8 Å². The molecule has 4 heteroatoms. The highest BCUT2D eigenvalue weighted by atomic mass is 16.6. The lowest BCUT2D eigenvalue weighted by molar-refractivity contribution is -0.154. The minimum atomic E-state index is -0.522. The second kappa shape index (κ2) is 33.6. The van der Waals surface area contributed by atoms with Crippen molar-refractivity contribution >= 4 is 5.97 Å². The van der Waals surface area contributed by atoms with Crippen LogP contribution in [0.4, 0.5) is 0 Å². The van der Waals surface area contributed by atoms with Crippen molar-refractivity contribution in [2.45, 2.75) is 200 Å².